The van der Waals surface area contributed by atoms with Crippen molar-refractivity contribution in [1.29, 1.82) is 0 Å². The van der Waals surface area contributed by atoms with Gasteiger partial charge in [0, 0.05) is 24.1 Å². The average Bonchev–Trinajstić information content (AvgIpc) is 2.65. The highest BCUT2D eigenvalue weighted by Gasteiger charge is 2.29. The molecule has 2 aliphatic heterocycles. The molecule has 3 rings (SSSR count). The zero-order valence-electron chi connectivity index (χ0n) is 17.9. The molecule has 0 saturated carbocycles. The van der Waals surface area contributed by atoms with Crippen LogP contribution in [0.4, 0.5) is 4.39 Å². The Morgan fingerprint density at radius 1 is 1.27 bits per heavy atom. The highest BCUT2D eigenvalue weighted by Crippen LogP contribution is 2.32. The molecule has 2 heterocycles. The monoisotopic (exact) mass is 412 g/mol. The molecule has 0 bridgehead atoms. The number of allylic oxidation sites excluding steroid dienone is 1. The SMILES string of the molecule is CC(C)CC1=CC(c2ccc(F)cc2)N(C#C[C@@H]2C[C@@H](O)CC(=O)O2)C(C(C)C)=N1. The molecule has 1 aromatic rings. The number of carbonyl (C=O) groups excluding carboxylic acids is 1. The maximum atomic E-state index is 13.5. The third kappa shape index (κ3) is 5.48. The highest BCUT2D eigenvalue weighted by atomic mass is 19.1. The van der Waals surface area contributed by atoms with Gasteiger partial charge in [0.2, 0.25) is 0 Å². The van der Waals surface area contributed by atoms with Crippen molar-refractivity contribution in [2.45, 2.75) is 65.2 Å². The summed E-state index contributed by atoms with van der Waals surface area (Å²) < 4.78 is 18.8. The maximum absolute atomic E-state index is 13.5. The van der Waals surface area contributed by atoms with Gasteiger partial charge in [0.1, 0.15) is 11.7 Å². The molecule has 0 radical (unpaired) electrons. The fourth-order valence-corrected chi connectivity index (χ4v) is 3.62. The Morgan fingerprint density at radius 3 is 2.57 bits per heavy atom. The van der Waals surface area contributed by atoms with E-state index >= 15 is 0 Å². The number of aliphatic imine (C=N–C) groups is 1. The molecule has 0 amide bonds. The molecule has 5 nitrogen and oxygen atoms in total. The fourth-order valence-electron chi connectivity index (χ4n) is 3.62. The van der Waals surface area contributed by atoms with Crippen LogP contribution in [-0.4, -0.2) is 34.0 Å². The lowest BCUT2D eigenvalue weighted by atomic mass is 9.97. The topological polar surface area (TPSA) is 62.1 Å². The Hall–Kier alpha value is -2.65. The summed E-state index contributed by atoms with van der Waals surface area (Å²) in [5.41, 5.74) is 1.89. The van der Waals surface area contributed by atoms with Crippen molar-refractivity contribution in [3.8, 4) is 12.0 Å². The predicted molar refractivity (Wildman–Crippen MR) is 114 cm³/mol. The lowest BCUT2D eigenvalue weighted by molar-refractivity contribution is -0.155. The van der Waals surface area contributed by atoms with Crippen molar-refractivity contribution >= 4 is 11.8 Å². The number of hydrogen-bond donors (Lipinski definition) is 1. The van der Waals surface area contributed by atoms with Gasteiger partial charge in [-0.3, -0.25) is 9.69 Å². The molecule has 6 heteroatoms. The third-order valence-corrected chi connectivity index (χ3v) is 4.99. The number of aliphatic hydroxyl groups excluding tert-OH is 1. The fraction of sp³-hybridized carbons (Fsp3) is 0.500. The summed E-state index contributed by atoms with van der Waals surface area (Å²) in [4.78, 5) is 18.4. The molecule has 1 N–H and O–H groups in total. The van der Waals surface area contributed by atoms with Crippen LogP contribution >= 0.6 is 0 Å². The van der Waals surface area contributed by atoms with Gasteiger partial charge < -0.3 is 9.84 Å². The van der Waals surface area contributed by atoms with Gasteiger partial charge in [-0.2, -0.15) is 0 Å². The minimum atomic E-state index is -0.740. The number of ether oxygens (including phenoxy) is 1. The number of halogens is 1. The van der Waals surface area contributed by atoms with E-state index in [9.17, 15) is 14.3 Å². The summed E-state index contributed by atoms with van der Waals surface area (Å²) in [6.45, 7) is 8.40. The largest absolute Gasteiger partial charge is 0.449 e. The number of rotatable bonds is 4. The van der Waals surface area contributed by atoms with Crippen molar-refractivity contribution < 1.29 is 19.0 Å². The quantitative estimate of drug-likeness (QED) is 0.595. The Balaban J connectivity index is 1.99. The van der Waals surface area contributed by atoms with Crippen molar-refractivity contribution in [2.24, 2.45) is 16.8 Å². The molecule has 1 aromatic carbocycles. The summed E-state index contributed by atoms with van der Waals surface area (Å²) in [7, 11) is 0. The first kappa shape index (κ1) is 22.0. The summed E-state index contributed by atoms with van der Waals surface area (Å²) in [5.74, 6) is 3.63. The summed E-state index contributed by atoms with van der Waals surface area (Å²) >= 11 is 0. The molecule has 3 atom stereocenters. The van der Waals surface area contributed by atoms with Gasteiger partial charge in [-0.15, -0.1) is 0 Å². The number of amidine groups is 1. The lowest BCUT2D eigenvalue weighted by Crippen LogP contribution is -2.37. The number of esters is 1. The van der Waals surface area contributed by atoms with Crippen LogP contribution in [0.25, 0.3) is 0 Å². The van der Waals surface area contributed by atoms with Gasteiger partial charge in [-0.05, 0) is 42.0 Å². The lowest BCUT2D eigenvalue weighted by Gasteiger charge is -2.34. The van der Waals surface area contributed by atoms with Crippen LogP contribution in [0.5, 0.6) is 0 Å². The predicted octanol–water partition coefficient (Wildman–Crippen LogP) is 4.19. The Labute approximate surface area is 177 Å². The van der Waals surface area contributed by atoms with E-state index in [2.05, 4.69) is 45.7 Å². The maximum Gasteiger partial charge on any atom is 0.309 e. The summed E-state index contributed by atoms with van der Waals surface area (Å²) in [5, 5.41) is 9.85. The van der Waals surface area contributed by atoms with Gasteiger partial charge >= 0.3 is 5.97 Å². The van der Waals surface area contributed by atoms with E-state index in [4.69, 9.17) is 9.73 Å². The van der Waals surface area contributed by atoms with Gasteiger partial charge in [0.05, 0.1) is 18.6 Å². The van der Waals surface area contributed by atoms with E-state index in [0.717, 1.165) is 23.5 Å². The van der Waals surface area contributed by atoms with Crippen LogP contribution in [0.2, 0.25) is 0 Å². The second kappa shape index (κ2) is 9.44. The third-order valence-electron chi connectivity index (χ3n) is 4.99. The van der Waals surface area contributed by atoms with Crippen molar-refractivity contribution in [1.82, 2.24) is 4.90 Å². The number of benzene rings is 1. The average molecular weight is 413 g/mol. The van der Waals surface area contributed by atoms with Crippen LogP contribution in [-0.2, 0) is 9.53 Å². The molecule has 30 heavy (non-hydrogen) atoms. The van der Waals surface area contributed by atoms with Crippen LogP contribution in [0.1, 0.15) is 58.6 Å². The normalized spacial score (nSPS) is 24.2. The highest BCUT2D eigenvalue weighted by molar-refractivity contribution is 5.88. The zero-order valence-corrected chi connectivity index (χ0v) is 17.9. The first-order chi connectivity index (χ1) is 14.2. The molecule has 1 fully saturated rings. The first-order valence-corrected chi connectivity index (χ1v) is 10.5. The standard InChI is InChI=1S/C24H29FN2O3/c1-15(2)11-19-12-22(17-5-7-18(25)8-6-17)27(24(26-19)16(3)4)10-9-21-13-20(28)14-23(29)30-21/h5-8,12,15-16,20-22,28H,11,13-14H2,1-4H3/t20-,21-,22?/m1/s1. The minimum absolute atomic E-state index is 0.000100. The molecular weight excluding hydrogens is 383 g/mol. The Bertz CT molecular complexity index is 893. The number of cyclic esters (lactones) is 1. The van der Waals surface area contributed by atoms with Crippen molar-refractivity contribution in [2.75, 3.05) is 0 Å². The van der Waals surface area contributed by atoms with E-state index < -0.39 is 18.2 Å². The molecule has 0 aromatic heterocycles. The number of aliphatic hydroxyl groups is 1. The van der Waals surface area contributed by atoms with Crippen LogP contribution in [0.3, 0.4) is 0 Å². The zero-order chi connectivity index (χ0) is 21.8. The van der Waals surface area contributed by atoms with E-state index in [1.165, 1.54) is 12.1 Å². The van der Waals surface area contributed by atoms with Crippen LogP contribution in [0, 0.1) is 29.6 Å². The Morgan fingerprint density at radius 2 is 1.97 bits per heavy atom. The molecular formula is C24H29FN2O3. The number of hydrogen-bond acceptors (Lipinski definition) is 5. The number of nitrogens with zero attached hydrogens (tertiary/aromatic N) is 2. The summed E-state index contributed by atoms with van der Waals surface area (Å²) in [6.07, 6.45) is 1.79. The van der Waals surface area contributed by atoms with Gasteiger partial charge in [-0.25, -0.2) is 9.38 Å². The summed E-state index contributed by atoms with van der Waals surface area (Å²) in [6, 6.07) is 9.29. The van der Waals surface area contributed by atoms with Crippen LogP contribution < -0.4 is 0 Å². The van der Waals surface area contributed by atoms with E-state index in [0.29, 0.717) is 5.92 Å². The van der Waals surface area contributed by atoms with Gasteiger partial charge in [0.15, 0.2) is 6.10 Å². The Kier molecular flexibility index (Phi) is 6.94. The first-order valence-electron chi connectivity index (χ1n) is 10.5. The van der Waals surface area contributed by atoms with E-state index in [1.807, 2.05) is 4.90 Å². The van der Waals surface area contributed by atoms with E-state index in [1.54, 1.807) is 12.1 Å². The van der Waals surface area contributed by atoms with Gasteiger partial charge in [0.25, 0.3) is 0 Å². The smallest absolute Gasteiger partial charge is 0.309 e. The molecule has 1 saturated heterocycles. The van der Waals surface area contributed by atoms with Crippen LogP contribution in [0.15, 0.2) is 41.0 Å². The molecule has 0 aliphatic carbocycles. The van der Waals surface area contributed by atoms with E-state index in [-0.39, 0.29) is 30.6 Å². The van der Waals surface area contributed by atoms with Crippen molar-refractivity contribution in [3.05, 3.63) is 47.4 Å². The molecule has 160 valence electrons. The second-order valence-electron chi connectivity index (χ2n) is 8.58. The number of carbonyl (C=O) groups is 1. The molecule has 1 unspecified atom stereocenters. The minimum Gasteiger partial charge on any atom is -0.449 e. The molecule has 0 spiro atoms. The van der Waals surface area contributed by atoms with Gasteiger partial charge in [-0.1, -0.05) is 39.8 Å². The second-order valence-corrected chi connectivity index (χ2v) is 8.58. The van der Waals surface area contributed by atoms with Crippen molar-refractivity contribution in [3.63, 3.8) is 0 Å². The molecule has 2 aliphatic rings.